The van der Waals surface area contributed by atoms with Crippen molar-refractivity contribution in [1.29, 1.82) is 0 Å². The number of amides is 1. The van der Waals surface area contributed by atoms with Gasteiger partial charge >= 0.3 is 0 Å². The number of piperazine rings is 1. The molecule has 3 rings (SSSR count). The average Bonchev–Trinajstić information content (AvgIpc) is 3.11. The SMILES string of the molecule is O=C(c1cc(Cl)c[nH]1)N1CCN(C2CC2)CC1. The molecule has 0 aromatic carbocycles. The Balaban J connectivity index is 1.60. The Morgan fingerprint density at radius 2 is 2.00 bits per heavy atom. The summed E-state index contributed by atoms with van der Waals surface area (Å²) >= 11 is 5.81. The lowest BCUT2D eigenvalue weighted by atomic mass is 10.2. The summed E-state index contributed by atoms with van der Waals surface area (Å²) in [7, 11) is 0. The van der Waals surface area contributed by atoms with Crippen LogP contribution in [0.25, 0.3) is 0 Å². The Labute approximate surface area is 106 Å². The number of hydrogen-bond acceptors (Lipinski definition) is 2. The van der Waals surface area contributed by atoms with Gasteiger partial charge in [-0.25, -0.2) is 0 Å². The van der Waals surface area contributed by atoms with Gasteiger partial charge in [-0.3, -0.25) is 9.69 Å². The molecule has 2 heterocycles. The highest BCUT2D eigenvalue weighted by atomic mass is 35.5. The van der Waals surface area contributed by atoms with Crippen LogP contribution in [0.4, 0.5) is 0 Å². The van der Waals surface area contributed by atoms with E-state index in [1.54, 1.807) is 12.3 Å². The molecule has 1 saturated heterocycles. The summed E-state index contributed by atoms with van der Waals surface area (Å²) in [4.78, 5) is 19.4. The van der Waals surface area contributed by atoms with Crippen LogP contribution in [0, 0.1) is 0 Å². The van der Waals surface area contributed by atoms with Crippen molar-refractivity contribution in [3.8, 4) is 0 Å². The number of aromatic nitrogens is 1. The second kappa shape index (κ2) is 4.35. The van der Waals surface area contributed by atoms with Crippen LogP contribution in [0.5, 0.6) is 0 Å². The van der Waals surface area contributed by atoms with E-state index in [0.717, 1.165) is 32.2 Å². The zero-order valence-electron chi connectivity index (χ0n) is 9.66. The van der Waals surface area contributed by atoms with Crippen molar-refractivity contribution in [3.63, 3.8) is 0 Å². The number of carbonyl (C=O) groups is 1. The van der Waals surface area contributed by atoms with Crippen LogP contribution in [-0.2, 0) is 0 Å². The number of H-pyrrole nitrogens is 1. The van der Waals surface area contributed by atoms with Gasteiger partial charge in [0.15, 0.2) is 0 Å². The van der Waals surface area contributed by atoms with Gasteiger partial charge < -0.3 is 9.88 Å². The molecule has 0 unspecified atom stereocenters. The molecule has 0 radical (unpaired) electrons. The third-order valence-electron chi connectivity index (χ3n) is 3.54. The first-order valence-corrected chi connectivity index (χ1v) is 6.49. The Morgan fingerprint density at radius 3 is 2.53 bits per heavy atom. The van der Waals surface area contributed by atoms with Gasteiger partial charge in [0.25, 0.3) is 5.91 Å². The minimum atomic E-state index is 0.0624. The fourth-order valence-electron chi connectivity index (χ4n) is 2.39. The van der Waals surface area contributed by atoms with Crippen LogP contribution in [0.3, 0.4) is 0 Å². The molecule has 0 atom stereocenters. The second-order valence-corrected chi connectivity index (χ2v) is 5.23. The molecule has 1 aromatic rings. The summed E-state index contributed by atoms with van der Waals surface area (Å²) in [6.07, 6.45) is 4.32. The number of nitrogens with zero attached hydrogens (tertiary/aromatic N) is 2. The summed E-state index contributed by atoms with van der Waals surface area (Å²) < 4.78 is 0. The smallest absolute Gasteiger partial charge is 0.270 e. The fraction of sp³-hybridized carbons (Fsp3) is 0.583. The van der Waals surface area contributed by atoms with Gasteiger partial charge in [0.05, 0.1) is 5.02 Å². The van der Waals surface area contributed by atoms with E-state index in [-0.39, 0.29) is 5.91 Å². The van der Waals surface area contributed by atoms with E-state index in [2.05, 4.69) is 9.88 Å². The molecule has 1 aromatic heterocycles. The van der Waals surface area contributed by atoms with Gasteiger partial charge in [0.2, 0.25) is 0 Å². The zero-order valence-corrected chi connectivity index (χ0v) is 10.4. The molecule has 1 aliphatic heterocycles. The van der Waals surface area contributed by atoms with Crippen molar-refractivity contribution < 1.29 is 4.79 Å². The molecule has 0 spiro atoms. The van der Waals surface area contributed by atoms with Gasteiger partial charge in [-0.15, -0.1) is 0 Å². The van der Waals surface area contributed by atoms with Crippen LogP contribution in [0.2, 0.25) is 5.02 Å². The maximum Gasteiger partial charge on any atom is 0.270 e. The Bertz CT molecular complexity index is 419. The minimum absolute atomic E-state index is 0.0624. The quantitative estimate of drug-likeness (QED) is 0.870. The molecule has 2 aliphatic rings. The number of carbonyl (C=O) groups excluding carboxylic acids is 1. The van der Waals surface area contributed by atoms with E-state index in [1.165, 1.54) is 12.8 Å². The molecular formula is C12H16ClN3O. The van der Waals surface area contributed by atoms with E-state index in [4.69, 9.17) is 11.6 Å². The zero-order chi connectivity index (χ0) is 11.8. The number of hydrogen-bond donors (Lipinski definition) is 1. The standard InChI is InChI=1S/C12H16ClN3O/c13-9-7-11(14-8-9)12(17)16-5-3-15(4-6-16)10-1-2-10/h7-8,10,14H,1-6H2. The lowest BCUT2D eigenvalue weighted by Crippen LogP contribution is -2.49. The lowest BCUT2D eigenvalue weighted by molar-refractivity contribution is 0.0622. The Morgan fingerprint density at radius 1 is 1.29 bits per heavy atom. The predicted molar refractivity (Wildman–Crippen MR) is 66.3 cm³/mol. The summed E-state index contributed by atoms with van der Waals surface area (Å²) in [5.41, 5.74) is 0.592. The Kier molecular flexibility index (Phi) is 2.84. The second-order valence-electron chi connectivity index (χ2n) is 4.79. The van der Waals surface area contributed by atoms with Crippen LogP contribution < -0.4 is 0 Å². The molecule has 2 fully saturated rings. The van der Waals surface area contributed by atoms with Crippen LogP contribution in [0.15, 0.2) is 12.3 Å². The molecule has 4 nitrogen and oxygen atoms in total. The summed E-state index contributed by atoms with van der Waals surface area (Å²) in [5.74, 6) is 0.0624. The Hall–Kier alpha value is -1.00. The first-order chi connectivity index (χ1) is 8.24. The first kappa shape index (κ1) is 11.1. The monoisotopic (exact) mass is 253 g/mol. The molecule has 92 valence electrons. The summed E-state index contributed by atoms with van der Waals surface area (Å²) in [5, 5.41) is 0.588. The molecule has 1 N–H and O–H groups in total. The van der Waals surface area contributed by atoms with Gasteiger partial charge in [0.1, 0.15) is 5.69 Å². The minimum Gasteiger partial charge on any atom is -0.356 e. The average molecular weight is 254 g/mol. The number of aromatic amines is 1. The topological polar surface area (TPSA) is 39.3 Å². The molecule has 0 bridgehead atoms. The number of rotatable bonds is 2. The van der Waals surface area contributed by atoms with Gasteiger partial charge in [-0.1, -0.05) is 11.6 Å². The number of halogens is 1. The number of nitrogens with one attached hydrogen (secondary N) is 1. The van der Waals surface area contributed by atoms with Crippen molar-refractivity contribution in [1.82, 2.24) is 14.8 Å². The molecule has 1 aliphatic carbocycles. The lowest BCUT2D eigenvalue weighted by Gasteiger charge is -2.34. The van der Waals surface area contributed by atoms with Crippen LogP contribution in [-0.4, -0.2) is 52.9 Å². The normalized spacial score (nSPS) is 21.8. The van der Waals surface area contributed by atoms with Crippen LogP contribution >= 0.6 is 11.6 Å². The van der Waals surface area contributed by atoms with Gasteiger partial charge in [-0.2, -0.15) is 0 Å². The third-order valence-corrected chi connectivity index (χ3v) is 3.76. The maximum atomic E-state index is 12.1. The van der Waals surface area contributed by atoms with Crippen molar-refractivity contribution in [2.75, 3.05) is 26.2 Å². The third kappa shape index (κ3) is 2.33. The summed E-state index contributed by atoms with van der Waals surface area (Å²) in [6, 6.07) is 2.49. The fourth-order valence-corrected chi connectivity index (χ4v) is 2.56. The van der Waals surface area contributed by atoms with Crippen molar-refractivity contribution in [2.24, 2.45) is 0 Å². The highest BCUT2D eigenvalue weighted by Crippen LogP contribution is 2.27. The predicted octanol–water partition coefficient (Wildman–Crippen LogP) is 1.59. The highest BCUT2D eigenvalue weighted by molar-refractivity contribution is 6.30. The van der Waals surface area contributed by atoms with E-state index >= 15 is 0 Å². The summed E-state index contributed by atoms with van der Waals surface area (Å²) in [6.45, 7) is 3.66. The largest absolute Gasteiger partial charge is 0.356 e. The maximum absolute atomic E-state index is 12.1. The molecule has 1 saturated carbocycles. The van der Waals surface area contributed by atoms with Gasteiger partial charge in [-0.05, 0) is 18.9 Å². The molecule has 1 amide bonds. The molecule has 5 heteroatoms. The van der Waals surface area contributed by atoms with Crippen LogP contribution in [0.1, 0.15) is 23.3 Å². The van der Waals surface area contributed by atoms with Crippen molar-refractivity contribution in [2.45, 2.75) is 18.9 Å². The van der Waals surface area contributed by atoms with E-state index in [0.29, 0.717) is 10.7 Å². The van der Waals surface area contributed by atoms with E-state index in [1.807, 2.05) is 4.90 Å². The van der Waals surface area contributed by atoms with Gasteiger partial charge in [0, 0.05) is 38.4 Å². The first-order valence-electron chi connectivity index (χ1n) is 6.11. The van der Waals surface area contributed by atoms with Crippen molar-refractivity contribution in [3.05, 3.63) is 23.0 Å². The van der Waals surface area contributed by atoms with Crippen molar-refractivity contribution >= 4 is 17.5 Å². The highest BCUT2D eigenvalue weighted by Gasteiger charge is 2.32. The molecule has 17 heavy (non-hydrogen) atoms. The van der Waals surface area contributed by atoms with E-state index in [9.17, 15) is 4.79 Å². The molecular weight excluding hydrogens is 238 g/mol. The van der Waals surface area contributed by atoms with E-state index < -0.39 is 0 Å².